The van der Waals surface area contributed by atoms with Crippen LogP contribution >= 0.6 is 0 Å². The lowest BCUT2D eigenvalue weighted by molar-refractivity contribution is 0.0667. The fourth-order valence-corrected chi connectivity index (χ4v) is 3.14. The Morgan fingerprint density at radius 1 is 1.33 bits per heavy atom. The quantitative estimate of drug-likeness (QED) is 0.910. The molecule has 2 rings (SSSR count). The first kappa shape index (κ1) is 15.9. The fraction of sp³-hybridized carbons (Fsp3) is 0.611. The van der Waals surface area contributed by atoms with Crippen LogP contribution in [0.4, 0.5) is 5.69 Å². The number of aryl methyl sites for hydroxylation is 1. The van der Waals surface area contributed by atoms with Crippen molar-refractivity contribution in [2.75, 3.05) is 25.0 Å². The van der Waals surface area contributed by atoms with Crippen molar-refractivity contribution in [1.82, 2.24) is 4.90 Å². The minimum absolute atomic E-state index is 0.184. The number of rotatable bonds is 4. The molecule has 0 radical (unpaired) electrons. The molecule has 0 spiro atoms. The van der Waals surface area contributed by atoms with Gasteiger partial charge in [0.15, 0.2) is 0 Å². The standard InChI is InChI=1S/C18H28N2O/c1-5-19-17-7-6-16(12-14(17)4)18(21)20-10-8-15(9-11-20)13(2)3/h6-7,12-13,15,19H,5,8-11H2,1-4H3. The number of benzene rings is 1. The fourth-order valence-electron chi connectivity index (χ4n) is 3.14. The van der Waals surface area contributed by atoms with E-state index in [1.54, 1.807) is 0 Å². The molecule has 116 valence electrons. The molecule has 1 N–H and O–H groups in total. The summed E-state index contributed by atoms with van der Waals surface area (Å²) in [5, 5.41) is 3.31. The van der Waals surface area contributed by atoms with Crippen LogP contribution in [0.3, 0.4) is 0 Å². The van der Waals surface area contributed by atoms with Crippen LogP contribution in [0.15, 0.2) is 18.2 Å². The zero-order valence-corrected chi connectivity index (χ0v) is 13.8. The number of nitrogens with one attached hydrogen (secondary N) is 1. The Bertz CT molecular complexity index is 488. The molecule has 21 heavy (non-hydrogen) atoms. The van der Waals surface area contributed by atoms with Crippen molar-refractivity contribution in [2.45, 2.75) is 40.5 Å². The minimum atomic E-state index is 0.184. The molecule has 0 unspecified atom stereocenters. The highest BCUT2D eigenvalue weighted by Gasteiger charge is 2.25. The first-order valence-corrected chi connectivity index (χ1v) is 8.16. The number of piperidine rings is 1. The van der Waals surface area contributed by atoms with Crippen LogP contribution in [0.25, 0.3) is 0 Å². The summed E-state index contributed by atoms with van der Waals surface area (Å²) >= 11 is 0. The zero-order valence-electron chi connectivity index (χ0n) is 13.8. The molecule has 0 bridgehead atoms. The summed E-state index contributed by atoms with van der Waals surface area (Å²) in [5.74, 6) is 1.68. The van der Waals surface area contributed by atoms with E-state index < -0.39 is 0 Å². The van der Waals surface area contributed by atoms with Crippen LogP contribution in [0.2, 0.25) is 0 Å². The van der Waals surface area contributed by atoms with Crippen LogP contribution in [0.5, 0.6) is 0 Å². The van der Waals surface area contributed by atoms with Gasteiger partial charge in [0, 0.05) is 30.9 Å². The van der Waals surface area contributed by atoms with Crippen LogP contribution in [-0.2, 0) is 0 Å². The highest BCUT2D eigenvalue weighted by molar-refractivity contribution is 5.95. The van der Waals surface area contributed by atoms with Gasteiger partial charge in [0.25, 0.3) is 5.91 Å². The van der Waals surface area contributed by atoms with Gasteiger partial charge >= 0.3 is 0 Å². The molecule has 0 atom stereocenters. The largest absolute Gasteiger partial charge is 0.385 e. The minimum Gasteiger partial charge on any atom is -0.385 e. The highest BCUT2D eigenvalue weighted by atomic mass is 16.2. The third kappa shape index (κ3) is 3.78. The second-order valence-corrected chi connectivity index (χ2v) is 6.43. The first-order valence-electron chi connectivity index (χ1n) is 8.16. The van der Waals surface area contributed by atoms with Gasteiger partial charge in [-0.3, -0.25) is 4.79 Å². The zero-order chi connectivity index (χ0) is 15.4. The first-order chi connectivity index (χ1) is 10.0. The number of anilines is 1. The molecule has 0 aliphatic carbocycles. The molecule has 1 saturated heterocycles. The lowest BCUT2D eigenvalue weighted by Crippen LogP contribution is -2.39. The molecule has 1 fully saturated rings. The van der Waals surface area contributed by atoms with Crippen LogP contribution in [-0.4, -0.2) is 30.4 Å². The lowest BCUT2D eigenvalue weighted by Gasteiger charge is -2.34. The van der Waals surface area contributed by atoms with E-state index in [0.29, 0.717) is 0 Å². The molecular formula is C18H28N2O. The third-order valence-electron chi connectivity index (χ3n) is 4.61. The van der Waals surface area contributed by atoms with E-state index in [1.165, 1.54) is 0 Å². The average Bonchev–Trinajstić information content (AvgIpc) is 2.49. The Morgan fingerprint density at radius 2 is 2.00 bits per heavy atom. The van der Waals surface area contributed by atoms with Gasteiger partial charge in [-0.15, -0.1) is 0 Å². The lowest BCUT2D eigenvalue weighted by atomic mass is 9.86. The molecule has 1 aromatic rings. The maximum atomic E-state index is 12.6. The predicted molar refractivity (Wildman–Crippen MR) is 88.8 cm³/mol. The normalized spacial score (nSPS) is 16.3. The van der Waals surface area contributed by atoms with E-state index in [9.17, 15) is 4.79 Å². The van der Waals surface area contributed by atoms with Gasteiger partial charge < -0.3 is 10.2 Å². The summed E-state index contributed by atoms with van der Waals surface area (Å²) in [7, 11) is 0. The Hall–Kier alpha value is -1.51. The van der Waals surface area contributed by atoms with Crippen molar-refractivity contribution in [3.05, 3.63) is 29.3 Å². The van der Waals surface area contributed by atoms with Crippen molar-refractivity contribution in [2.24, 2.45) is 11.8 Å². The number of nitrogens with zero attached hydrogens (tertiary/aromatic N) is 1. The summed E-state index contributed by atoms with van der Waals surface area (Å²) in [4.78, 5) is 14.6. The van der Waals surface area contributed by atoms with E-state index in [1.807, 2.05) is 23.1 Å². The van der Waals surface area contributed by atoms with Gasteiger partial charge in [-0.2, -0.15) is 0 Å². The van der Waals surface area contributed by atoms with Gasteiger partial charge in [-0.25, -0.2) is 0 Å². The van der Waals surface area contributed by atoms with Crippen LogP contribution in [0.1, 0.15) is 49.5 Å². The Kier molecular flexibility index (Phi) is 5.27. The second-order valence-electron chi connectivity index (χ2n) is 6.43. The number of likely N-dealkylation sites (tertiary alicyclic amines) is 1. The molecule has 1 aromatic carbocycles. The number of hydrogen-bond donors (Lipinski definition) is 1. The van der Waals surface area contributed by atoms with Crippen molar-refractivity contribution in [3.8, 4) is 0 Å². The van der Waals surface area contributed by atoms with E-state index in [-0.39, 0.29) is 5.91 Å². The van der Waals surface area contributed by atoms with E-state index in [0.717, 1.165) is 61.1 Å². The summed E-state index contributed by atoms with van der Waals surface area (Å²) in [5.41, 5.74) is 3.07. The SMILES string of the molecule is CCNc1ccc(C(=O)N2CCC(C(C)C)CC2)cc1C. The maximum absolute atomic E-state index is 12.6. The van der Waals surface area contributed by atoms with Gasteiger partial charge in [0.05, 0.1) is 0 Å². The van der Waals surface area contributed by atoms with Gasteiger partial charge in [0.1, 0.15) is 0 Å². The highest BCUT2D eigenvalue weighted by Crippen LogP contribution is 2.26. The molecule has 1 aliphatic rings. The third-order valence-corrected chi connectivity index (χ3v) is 4.61. The van der Waals surface area contributed by atoms with Crippen LogP contribution < -0.4 is 5.32 Å². The molecule has 1 heterocycles. The monoisotopic (exact) mass is 288 g/mol. The van der Waals surface area contributed by atoms with E-state index in [4.69, 9.17) is 0 Å². The van der Waals surface area contributed by atoms with Gasteiger partial charge in [-0.1, -0.05) is 13.8 Å². The Morgan fingerprint density at radius 3 is 2.52 bits per heavy atom. The number of hydrogen-bond acceptors (Lipinski definition) is 2. The molecular weight excluding hydrogens is 260 g/mol. The Labute approximate surface area is 128 Å². The molecule has 3 heteroatoms. The number of carbonyl (C=O) groups excluding carboxylic acids is 1. The molecule has 0 saturated carbocycles. The summed E-state index contributed by atoms with van der Waals surface area (Å²) in [6.07, 6.45) is 2.27. The number of amides is 1. The van der Waals surface area contributed by atoms with Crippen molar-refractivity contribution in [3.63, 3.8) is 0 Å². The van der Waals surface area contributed by atoms with Gasteiger partial charge in [-0.05, 0) is 62.3 Å². The van der Waals surface area contributed by atoms with E-state index in [2.05, 4.69) is 33.0 Å². The Balaban J connectivity index is 2.02. The van der Waals surface area contributed by atoms with Crippen LogP contribution in [0, 0.1) is 18.8 Å². The topological polar surface area (TPSA) is 32.3 Å². The summed E-state index contributed by atoms with van der Waals surface area (Å²) in [6, 6.07) is 5.98. The maximum Gasteiger partial charge on any atom is 0.253 e. The van der Waals surface area contributed by atoms with Gasteiger partial charge in [0.2, 0.25) is 0 Å². The number of carbonyl (C=O) groups is 1. The van der Waals surface area contributed by atoms with Crippen molar-refractivity contribution >= 4 is 11.6 Å². The molecule has 1 amide bonds. The van der Waals surface area contributed by atoms with E-state index >= 15 is 0 Å². The molecule has 1 aliphatic heterocycles. The average molecular weight is 288 g/mol. The predicted octanol–water partition coefficient (Wildman–Crippen LogP) is 3.94. The van der Waals surface area contributed by atoms with Crippen molar-refractivity contribution < 1.29 is 4.79 Å². The second kappa shape index (κ2) is 6.97. The summed E-state index contributed by atoms with van der Waals surface area (Å²) < 4.78 is 0. The summed E-state index contributed by atoms with van der Waals surface area (Å²) in [6.45, 7) is 11.4. The van der Waals surface area contributed by atoms with Crippen molar-refractivity contribution in [1.29, 1.82) is 0 Å². The smallest absolute Gasteiger partial charge is 0.253 e. The molecule has 3 nitrogen and oxygen atoms in total. The molecule has 0 aromatic heterocycles.